The van der Waals surface area contributed by atoms with Gasteiger partial charge in [-0.3, -0.25) is 9.69 Å². The Morgan fingerprint density at radius 3 is 2.55 bits per heavy atom. The Morgan fingerprint density at radius 1 is 1.20 bits per heavy atom. The van der Waals surface area contributed by atoms with E-state index < -0.39 is 0 Å². The van der Waals surface area contributed by atoms with E-state index in [9.17, 15) is 4.79 Å². The number of nitrogens with zero attached hydrogens (tertiary/aromatic N) is 2. The van der Waals surface area contributed by atoms with Gasteiger partial charge in [-0.05, 0) is 38.8 Å². The van der Waals surface area contributed by atoms with Gasteiger partial charge < -0.3 is 4.90 Å². The molecule has 1 amide bonds. The first kappa shape index (κ1) is 15.0. The minimum atomic E-state index is -0.154. The van der Waals surface area contributed by atoms with Gasteiger partial charge in [0, 0.05) is 24.2 Å². The number of amides is 1. The Labute approximate surface area is 122 Å². The van der Waals surface area contributed by atoms with Gasteiger partial charge in [0.15, 0.2) is 0 Å². The summed E-state index contributed by atoms with van der Waals surface area (Å²) >= 11 is 0. The van der Waals surface area contributed by atoms with Gasteiger partial charge in [0.05, 0.1) is 6.67 Å². The van der Waals surface area contributed by atoms with Crippen LogP contribution < -0.4 is 0 Å². The fourth-order valence-electron chi connectivity index (χ4n) is 2.62. The zero-order chi connectivity index (χ0) is 14.8. The molecule has 3 nitrogen and oxygen atoms in total. The molecule has 0 N–H and O–H groups in total. The van der Waals surface area contributed by atoms with Gasteiger partial charge in [-0.2, -0.15) is 0 Å². The molecule has 0 saturated carbocycles. The largest absolute Gasteiger partial charge is 0.321 e. The van der Waals surface area contributed by atoms with Crippen molar-refractivity contribution in [3.8, 4) is 0 Å². The normalized spacial score (nSPS) is 17.0. The number of carbonyl (C=O) groups is 1. The average Bonchev–Trinajstić information content (AvgIpc) is 2.53. The van der Waals surface area contributed by atoms with Gasteiger partial charge in [0.2, 0.25) is 0 Å². The first-order valence-corrected chi connectivity index (χ1v) is 7.55. The van der Waals surface area contributed by atoms with Crippen molar-refractivity contribution in [2.45, 2.75) is 52.6 Å². The quantitative estimate of drug-likeness (QED) is 0.842. The first-order valence-electron chi connectivity index (χ1n) is 7.55. The van der Waals surface area contributed by atoms with Gasteiger partial charge in [-0.25, -0.2) is 0 Å². The Hall–Kier alpha value is -1.35. The molecule has 2 rings (SSSR count). The second kappa shape index (κ2) is 5.96. The van der Waals surface area contributed by atoms with E-state index in [1.54, 1.807) is 0 Å². The van der Waals surface area contributed by atoms with Crippen LogP contribution in [0.25, 0.3) is 0 Å². The molecule has 0 bridgehead atoms. The standard InChI is InChI=1S/C17H26N2O/c1-5-6-11-18-12-14-9-7-8-10-15(14)16(20)19(13-18)17(2,3)4/h7-10H,5-6,11-13H2,1-4H3. The highest BCUT2D eigenvalue weighted by Gasteiger charge is 2.32. The lowest BCUT2D eigenvalue weighted by atomic mass is 10.0. The van der Waals surface area contributed by atoms with E-state index in [1.807, 2.05) is 23.1 Å². The van der Waals surface area contributed by atoms with Gasteiger partial charge in [0.25, 0.3) is 5.91 Å². The summed E-state index contributed by atoms with van der Waals surface area (Å²) in [5.74, 6) is 0.159. The van der Waals surface area contributed by atoms with Crippen molar-refractivity contribution in [1.82, 2.24) is 9.80 Å². The van der Waals surface area contributed by atoms with Gasteiger partial charge in [-0.1, -0.05) is 31.5 Å². The molecule has 0 spiro atoms. The maximum absolute atomic E-state index is 12.8. The number of fused-ring (bicyclic) bond motifs is 1. The van der Waals surface area contributed by atoms with Crippen molar-refractivity contribution in [2.24, 2.45) is 0 Å². The maximum Gasteiger partial charge on any atom is 0.255 e. The molecular weight excluding hydrogens is 248 g/mol. The summed E-state index contributed by atoms with van der Waals surface area (Å²) in [4.78, 5) is 17.2. The Balaban J connectivity index is 2.35. The van der Waals surface area contributed by atoms with Crippen LogP contribution >= 0.6 is 0 Å². The third kappa shape index (κ3) is 3.21. The lowest BCUT2D eigenvalue weighted by Gasteiger charge is -2.37. The average molecular weight is 274 g/mol. The van der Waals surface area contributed by atoms with E-state index in [0.29, 0.717) is 0 Å². The number of unbranched alkanes of at least 4 members (excludes halogenated alkanes) is 1. The molecule has 0 fully saturated rings. The van der Waals surface area contributed by atoms with Crippen LogP contribution in [0.3, 0.4) is 0 Å². The highest BCUT2D eigenvalue weighted by Crippen LogP contribution is 2.25. The smallest absolute Gasteiger partial charge is 0.255 e. The molecule has 1 heterocycles. The predicted octanol–water partition coefficient (Wildman–Crippen LogP) is 3.50. The molecule has 0 unspecified atom stereocenters. The summed E-state index contributed by atoms with van der Waals surface area (Å²) in [6.45, 7) is 11.2. The zero-order valence-electron chi connectivity index (χ0n) is 13.1. The van der Waals surface area contributed by atoms with Crippen LogP contribution in [0.15, 0.2) is 24.3 Å². The SMILES string of the molecule is CCCCN1Cc2ccccc2C(=O)N(C(C)(C)C)C1. The summed E-state index contributed by atoms with van der Waals surface area (Å²) in [5, 5.41) is 0. The van der Waals surface area contributed by atoms with E-state index in [2.05, 4.69) is 38.7 Å². The molecule has 0 atom stereocenters. The molecule has 110 valence electrons. The van der Waals surface area contributed by atoms with Crippen LogP contribution in [0, 0.1) is 0 Å². The Kier molecular flexibility index (Phi) is 4.48. The summed E-state index contributed by atoms with van der Waals surface area (Å²) in [6.07, 6.45) is 2.36. The zero-order valence-corrected chi connectivity index (χ0v) is 13.1. The van der Waals surface area contributed by atoms with Crippen molar-refractivity contribution in [2.75, 3.05) is 13.2 Å². The van der Waals surface area contributed by atoms with Crippen molar-refractivity contribution in [1.29, 1.82) is 0 Å². The molecule has 1 aromatic carbocycles. The second-order valence-corrected chi connectivity index (χ2v) is 6.61. The fourth-order valence-corrected chi connectivity index (χ4v) is 2.62. The fraction of sp³-hybridized carbons (Fsp3) is 0.588. The second-order valence-electron chi connectivity index (χ2n) is 6.61. The van der Waals surface area contributed by atoms with Crippen molar-refractivity contribution < 1.29 is 4.79 Å². The molecule has 1 aromatic rings. The summed E-state index contributed by atoms with van der Waals surface area (Å²) in [6, 6.07) is 8.02. The minimum Gasteiger partial charge on any atom is -0.321 e. The summed E-state index contributed by atoms with van der Waals surface area (Å²) < 4.78 is 0. The first-order chi connectivity index (χ1) is 9.43. The van der Waals surface area contributed by atoms with E-state index in [4.69, 9.17) is 0 Å². The number of benzene rings is 1. The molecular formula is C17H26N2O. The van der Waals surface area contributed by atoms with Crippen LogP contribution in [-0.4, -0.2) is 34.5 Å². The maximum atomic E-state index is 12.8. The highest BCUT2D eigenvalue weighted by molar-refractivity contribution is 5.96. The molecule has 1 aliphatic rings. The topological polar surface area (TPSA) is 23.6 Å². The molecule has 3 heteroatoms. The summed E-state index contributed by atoms with van der Waals surface area (Å²) in [7, 11) is 0. The molecule has 0 aliphatic carbocycles. The number of carbonyl (C=O) groups excluding carboxylic acids is 1. The van der Waals surface area contributed by atoms with Crippen molar-refractivity contribution in [3.63, 3.8) is 0 Å². The number of rotatable bonds is 3. The number of hydrogen-bond donors (Lipinski definition) is 0. The number of hydrogen-bond acceptors (Lipinski definition) is 2. The van der Waals surface area contributed by atoms with Crippen LogP contribution in [0.4, 0.5) is 0 Å². The lowest BCUT2D eigenvalue weighted by molar-refractivity contribution is 0.0382. The molecule has 1 aliphatic heterocycles. The van der Waals surface area contributed by atoms with Crippen LogP contribution in [0.2, 0.25) is 0 Å². The third-order valence-electron chi connectivity index (χ3n) is 3.87. The van der Waals surface area contributed by atoms with Crippen LogP contribution in [0.1, 0.15) is 56.5 Å². The van der Waals surface area contributed by atoms with Gasteiger partial charge in [0.1, 0.15) is 0 Å². The molecule has 0 radical (unpaired) electrons. The molecule has 0 saturated heterocycles. The third-order valence-corrected chi connectivity index (χ3v) is 3.87. The Morgan fingerprint density at radius 2 is 1.90 bits per heavy atom. The summed E-state index contributed by atoms with van der Waals surface area (Å²) in [5.41, 5.74) is 1.86. The van der Waals surface area contributed by atoms with E-state index in [1.165, 1.54) is 12.8 Å². The highest BCUT2D eigenvalue weighted by atomic mass is 16.2. The van der Waals surface area contributed by atoms with E-state index in [-0.39, 0.29) is 11.4 Å². The Bertz CT molecular complexity index is 476. The van der Waals surface area contributed by atoms with E-state index in [0.717, 1.165) is 30.9 Å². The van der Waals surface area contributed by atoms with Crippen LogP contribution in [-0.2, 0) is 6.54 Å². The molecule has 0 aromatic heterocycles. The van der Waals surface area contributed by atoms with E-state index >= 15 is 0 Å². The lowest BCUT2D eigenvalue weighted by Crippen LogP contribution is -2.49. The molecule has 20 heavy (non-hydrogen) atoms. The predicted molar refractivity (Wildman–Crippen MR) is 82.5 cm³/mol. The van der Waals surface area contributed by atoms with Crippen molar-refractivity contribution in [3.05, 3.63) is 35.4 Å². The van der Waals surface area contributed by atoms with Crippen molar-refractivity contribution >= 4 is 5.91 Å². The van der Waals surface area contributed by atoms with Gasteiger partial charge in [-0.15, -0.1) is 0 Å². The van der Waals surface area contributed by atoms with Crippen LogP contribution in [0.5, 0.6) is 0 Å². The minimum absolute atomic E-state index is 0.154. The monoisotopic (exact) mass is 274 g/mol. The van der Waals surface area contributed by atoms with Gasteiger partial charge >= 0.3 is 0 Å².